The van der Waals surface area contributed by atoms with E-state index in [0.29, 0.717) is 5.92 Å². The summed E-state index contributed by atoms with van der Waals surface area (Å²) < 4.78 is 0. The minimum Gasteiger partial charge on any atom is -0.303 e. The summed E-state index contributed by atoms with van der Waals surface area (Å²) in [4.78, 5) is 2.65. The highest BCUT2D eigenvalue weighted by Crippen LogP contribution is 2.37. The van der Waals surface area contributed by atoms with Crippen molar-refractivity contribution in [2.75, 3.05) is 19.6 Å². The van der Waals surface area contributed by atoms with Gasteiger partial charge in [0.2, 0.25) is 0 Å². The molecule has 1 aliphatic heterocycles. The largest absolute Gasteiger partial charge is 0.303 e. The zero-order valence-corrected chi connectivity index (χ0v) is 13.8. The van der Waals surface area contributed by atoms with Crippen molar-refractivity contribution in [2.45, 2.75) is 26.2 Å². The van der Waals surface area contributed by atoms with E-state index in [-0.39, 0.29) is 0 Å². The first-order chi connectivity index (χ1) is 10.7. The number of hydrogen-bond acceptors (Lipinski definition) is 1. The average molecular weight is 293 g/mol. The van der Waals surface area contributed by atoms with Crippen LogP contribution in [-0.2, 0) is 0 Å². The van der Waals surface area contributed by atoms with Crippen LogP contribution < -0.4 is 0 Å². The summed E-state index contributed by atoms with van der Waals surface area (Å²) in [5, 5.41) is 0. The first-order valence-electron chi connectivity index (χ1n) is 8.56. The number of likely N-dealkylation sites (tertiary alicyclic amines) is 1. The molecule has 0 aromatic heterocycles. The number of nitrogens with zero attached hydrogens (tertiary/aromatic N) is 1. The fraction of sp³-hybridized carbons (Fsp3) is 0.429. The van der Waals surface area contributed by atoms with E-state index in [4.69, 9.17) is 0 Å². The van der Waals surface area contributed by atoms with E-state index in [1.165, 1.54) is 37.2 Å². The van der Waals surface area contributed by atoms with Gasteiger partial charge in [-0.2, -0.15) is 0 Å². The molecule has 22 heavy (non-hydrogen) atoms. The van der Waals surface area contributed by atoms with Gasteiger partial charge in [-0.05, 0) is 35.9 Å². The third-order valence-corrected chi connectivity index (χ3v) is 4.72. The third-order valence-electron chi connectivity index (χ3n) is 4.72. The van der Waals surface area contributed by atoms with Gasteiger partial charge in [0.05, 0.1) is 0 Å². The molecule has 1 fully saturated rings. The van der Waals surface area contributed by atoms with E-state index in [1.54, 1.807) is 0 Å². The minimum atomic E-state index is 0.527. The predicted molar refractivity (Wildman–Crippen MR) is 94.1 cm³/mol. The first kappa shape index (κ1) is 15.3. The molecule has 1 heteroatoms. The Kier molecular flexibility index (Phi) is 4.94. The second-order valence-electron chi connectivity index (χ2n) is 7.00. The average Bonchev–Trinajstić information content (AvgIpc) is 2.97. The van der Waals surface area contributed by atoms with Crippen molar-refractivity contribution in [2.24, 2.45) is 11.8 Å². The molecule has 0 saturated carbocycles. The monoisotopic (exact) mass is 293 g/mol. The van der Waals surface area contributed by atoms with Gasteiger partial charge in [0.15, 0.2) is 0 Å². The summed E-state index contributed by atoms with van der Waals surface area (Å²) in [6, 6.07) is 22.1. The van der Waals surface area contributed by atoms with Crippen molar-refractivity contribution in [3.05, 3.63) is 71.8 Å². The Morgan fingerprint density at radius 2 is 1.45 bits per heavy atom. The van der Waals surface area contributed by atoms with Gasteiger partial charge in [-0.1, -0.05) is 74.5 Å². The summed E-state index contributed by atoms with van der Waals surface area (Å²) in [6.07, 6.45) is 1.31. The van der Waals surface area contributed by atoms with Crippen LogP contribution in [0.5, 0.6) is 0 Å². The highest BCUT2D eigenvalue weighted by molar-refractivity contribution is 5.33. The molecule has 0 N–H and O–H groups in total. The van der Waals surface area contributed by atoms with Crippen LogP contribution in [0.25, 0.3) is 0 Å². The van der Waals surface area contributed by atoms with Crippen molar-refractivity contribution in [3.8, 4) is 0 Å². The minimum absolute atomic E-state index is 0.527. The van der Waals surface area contributed by atoms with E-state index >= 15 is 0 Å². The second-order valence-corrected chi connectivity index (χ2v) is 7.00. The highest BCUT2D eigenvalue weighted by atomic mass is 15.1. The van der Waals surface area contributed by atoms with Gasteiger partial charge in [0.1, 0.15) is 0 Å². The Balaban J connectivity index is 1.84. The molecular formula is C21H27N. The Morgan fingerprint density at radius 1 is 0.909 bits per heavy atom. The fourth-order valence-corrected chi connectivity index (χ4v) is 3.87. The number of benzene rings is 2. The van der Waals surface area contributed by atoms with Crippen molar-refractivity contribution in [3.63, 3.8) is 0 Å². The van der Waals surface area contributed by atoms with Crippen LogP contribution in [0, 0.1) is 11.8 Å². The molecule has 0 spiro atoms. The van der Waals surface area contributed by atoms with Crippen LogP contribution in [0.4, 0.5) is 0 Å². The van der Waals surface area contributed by atoms with Gasteiger partial charge >= 0.3 is 0 Å². The maximum atomic E-state index is 2.65. The first-order valence-corrected chi connectivity index (χ1v) is 8.56. The van der Waals surface area contributed by atoms with E-state index in [9.17, 15) is 0 Å². The molecule has 0 radical (unpaired) electrons. The van der Waals surface area contributed by atoms with Gasteiger partial charge in [-0.3, -0.25) is 0 Å². The van der Waals surface area contributed by atoms with E-state index in [1.807, 2.05) is 0 Å². The lowest BCUT2D eigenvalue weighted by Crippen LogP contribution is -2.26. The zero-order chi connectivity index (χ0) is 15.4. The van der Waals surface area contributed by atoms with Crippen molar-refractivity contribution < 1.29 is 0 Å². The summed E-state index contributed by atoms with van der Waals surface area (Å²) in [7, 11) is 0. The molecule has 2 aromatic carbocycles. The topological polar surface area (TPSA) is 3.24 Å². The third kappa shape index (κ3) is 3.59. The van der Waals surface area contributed by atoms with Gasteiger partial charge in [-0.15, -0.1) is 0 Å². The molecule has 0 aliphatic carbocycles. The van der Waals surface area contributed by atoms with Crippen LogP contribution in [-0.4, -0.2) is 24.5 Å². The molecule has 0 unspecified atom stereocenters. The van der Waals surface area contributed by atoms with Crippen LogP contribution in [0.2, 0.25) is 0 Å². The SMILES string of the molecule is CC(C)CN1CC[C@@H](C(c2ccccc2)c2ccccc2)C1. The summed E-state index contributed by atoms with van der Waals surface area (Å²) in [6.45, 7) is 8.34. The van der Waals surface area contributed by atoms with Crippen molar-refractivity contribution in [1.29, 1.82) is 0 Å². The summed E-state index contributed by atoms with van der Waals surface area (Å²) in [5.41, 5.74) is 2.93. The fourth-order valence-electron chi connectivity index (χ4n) is 3.87. The Bertz CT molecular complexity index is 521. The van der Waals surface area contributed by atoms with Gasteiger partial charge in [-0.25, -0.2) is 0 Å². The maximum absolute atomic E-state index is 2.65. The smallest absolute Gasteiger partial charge is 0.0130 e. The Labute approximate surface area is 135 Å². The molecule has 1 saturated heterocycles. The normalized spacial score (nSPS) is 19.2. The van der Waals surface area contributed by atoms with Gasteiger partial charge in [0, 0.05) is 19.0 Å². The maximum Gasteiger partial charge on any atom is 0.0130 e. The lowest BCUT2D eigenvalue weighted by atomic mass is 9.80. The summed E-state index contributed by atoms with van der Waals surface area (Å²) in [5.74, 6) is 2.01. The van der Waals surface area contributed by atoms with Crippen LogP contribution in [0.3, 0.4) is 0 Å². The molecule has 116 valence electrons. The van der Waals surface area contributed by atoms with Crippen LogP contribution >= 0.6 is 0 Å². The van der Waals surface area contributed by atoms with Crippen LogP contribution in [0.1, 0.15) is 37.3 Å². The predicted octanol–water partition coefficient (Wildman–Crippen LogP) is 4.80. The van der Waals surface area contributed by atoms with Crippen molar-refractivity contribution >= 4 is 0 Å². The molecule has 1 atom stereocenters. The summed E-state index contributed by atoms with van der Waals surface area (Å²) >= 11 is 0. The second kappa shape index (κ2) is 7.11. The standard InChI is InChI=1S/C21H27N/c1-17(2)15-22-14-13-20(16-22)21(18-9-5-3-6-10-18)19-11-7-4-8-12-19/h3-12,17,20-21H,13-16H2,1-2H3/t20-/m1/s1. The Hall–Kier alpha value is -1.60. The molecule has 0 bridgehead atoms. The van der Waals surface area contributed by atoms with Crippen molar-refractivity contribution in [1.82, 2.24) is 4.90 Å². The number of rotatable bonds is 5. The lowest BCUT2D eigenvalue weighted by molar-refractivity contribution is 0.283. The molecule has 2 aromatic rings. The van der Waals surface area contributed by atoms with E-state index < -0.39 is 0 Å². The Morgan fingerprint density at radius 3 is 1.95 bits per heavy atom. The van der Waals surface area contributed by atoms with Crippen LogP contribution in [0.15, 0.2) is 60.7 Å². The number of hydrogen-bond donors (Lipinski definition) is 0. The zero-order valence-electron chi connectivity index (χ0n) is 13.8. The molecule has 3 rings (SSSR count). The lowest BCUT2D eigenvalue weighted by Gasteiger charge is -2.26. The highest BCUT2D eigenvalue weighted by Gasteiger charge is 2.31. The van der Waals surface area contributed by atoms with Gasteiger partial charge in [0.25, 0.3) is 0 Å². The molecule has 0 amide bonds. The molecule has 1 nitrogen and oxygen atoms in total. The molecular weight excluding hydrogens is 266 g/mol. The quantitative estimate of drug-likeness (QED) is 0.765. The van der Waals surface area contributed by atoms with E-state index in [0.717, 1.165) is 11.8 Å². The molecule has 1 heterocycles. The van der Waals surface area contributed by atoms with Gasteiger partial charge < -0.3 is 4.90 Å². The molecule has 1 aliphatic rings. The van der Waals surface area contributed by atoms with E-state index in [2.05, 4.69) is 79.4 Å².